The largest absolute Gasteiger partial charge is 0.490 e. The average molecular weight is 620 g/mol. The maximum atomic E-state index is 14.1. The summed E-state index contributed by atoms with van der Waals surface area (Å²) in [5.41, 5.74) is 1.36. The lowest BCUT2D eigenvalue weighted by Gasteiger charge is -2.37. The molecular weight excluding hydrogens is 573 g/mol. The summed E-state index contributed by atoms with van der Waals surface area (Å²) in [6, 6.07) is 9.93. The van der Waals surface area contributed by atoms with Crippen LogP contribution in [0.2, 0.25) is 0 Å². The molecule has 1 atom stereocenters. The lowest BCUT2D eigenvalue weighted by atomic mass is 9.90. The van der Waals surface area contributed by atoms with E-state index >= 15 is 0 Å². The second kappa shape index (κ2) is 11.9. The Balaban J connectivity index is 1.48. The molecule has 2 aliphatic rings. The third-order valence-electron chi connectivity index (χ3n) is 9.74. The number of likely N-dealkylation sites (N-methyl/N-ethyl adjacent to an activating group) is 1. The van der Waals surface area contributed by atoms with E-state index in [1.165, 1.54) is 22.8 Å². The lowest BCUT2D eigenvalue weighted by Crippen LogP contribution is -2.46. The number of nitrogens with zero attached hydrogens (tertiary/aromatic N) is 3. The van der Waals surface area contributed by atoms with Crippen molar-refractivity contribution in [2.24, 2.45) is 7.05 Å². The zero-order chi connectivity index (χ0) is 33.0. The highest BCUT2D eigenvalue weighted by atomic mass is 19.1. The van der Waals surface area contributed by atoms with Crippen molar-refractivity contribution in [3.8, 4) is 28.4 Å². The number of amides is 1. The van der Waals surface area contributed by atoms with Crippen LogP contribution in [0.4, 0.5) is 4.39 Å². The molecule has 9 heteroatoms. The predicted molar refractivity (Wildman–Crippen MR) is 173 cm³/mol. The monoisotopic (exact) mass is 619 g/mol. The standard InChI is InChI=1S/C36H46FN3O5/c1-21-16-25(37)17-22(2)33(21)45-30-15-10-24(36(6,7)43)18-28(30)29-20-38(8)32(41)19-31(29)44-27-13-11-26(12-14-27)40-23(3)39(9)35(4,5)34(40)42/h10,15-20,23,26-27,43H,11-14H2,1-9H3/t23?,26-,27-. The van der Waals surface area contributed by atoms with Crippen LogP contribution in [0, 0.1) is 19.7 Å². The number of pyridine rings is 1. The number of benzene rings is 2. The molecule has 1 N–H and O–H groups in total. The normalized spacial score (nSPS) is 22.2. The molecule has 0 spiro atoms. The Hall–Kier alpha value is -3.69. The van der Waals surface area contributed by atoms with Crippen LogP contribution in [0.25, 0.3) is 11.1 Å². The molecule has 0 radical (unpaired) electrons. The Labute approximate surface area is 265 Å². The number of carbonyl (C=O) groups is 1. The van der Waals surface area contributed by atoms with E-state index in [2.05, 4.69) is 11.8 Å². The number of aryl methyl sites for hydroxylation is 3. The smallest absolute Gasteiger partial charge is 0.254 e. The Morgan fingerprint density at radius 2 is 1.56 bits per heavy atom. The highest BCUT2D eigenvalue weighted by molar-refractivity contribution is 5.88. The maximum Gasteiger partial charge on any atom is 0.254 e. The molecular formula is C36H46FN3O5. The van der Waals surface area contributed by atoms with E-state index in [-0.39, 0.29) is 35.6 Å². The molecule has 2 aromatic carbocycles. The van der Waals surface area contributed by atoms with Crippen molar-refractivity contribution in [3.63, 3.8) is 0 Å². The van der Waals surface area contributed by atoms with Gasteiger partial charge in [0, 0.05) is 36.5 Å². The van der Waals surface area contributed by atoms with E-state index in [1.54, 1.807) is 53.1 Å². The lowest BCUT2D eigenvalue weighted by molar-refractivity contribution is -0.135. The van der Waals surface area contributed by atoms with E-state index < -0.39 is 11.1 Å². The average Bonchev–Trinajstić information content (AvgIpc) is 3.11. The van der Waals surface area contributed by atoms with Gasteiger partial charge in [-0.25, -0.2) is 4.39 Å². The van der Waals surface area contributed by atoms with E-state index in [1.807, 2.05) is 31.9 Å². The number of carbonyl (C=O) groups excluding carboxylic acids is 1. The summed E-state index contributed by atoms with van der Waals surface area (Å²) >= 11 is 0. The van der Waals surface area contributed by atoms with Gasteiger partial charge in [-0.1, -0.05) is 6.07 Å². The molecule has 2 fully saturated rings. The molecule has 1 saturated carbocycles. The topological polar surface area (TPSA) is 84.2 Å². The summed E-state index contributed by atoms with van der Waals surface area (Å²) in [7, 11) is 3.68. The van der Waals surface area contributed by atoms with Gasteiger partial charge in [0.1, 0.15) is 23.1 Å². The molecule has 1 amide bonds. The molecule has 1 unspecified atom stereocenters. The molecule has 242 valence electrons. The number of aromatic nitrogens is 1. The number of ether oxygens (including phenoxy) is 2. The number of hydrogen-bond donors (Lipinski definition) is 1. The van der Waals surface area contributed by atoms with Gasteiger partial charge in [0.25, 0.3) is 5.56 Å². The fraction of sp³-hybridized carbons (Fsp3) is 0.500. The second-order valence-corrected chi connectivity index (χ2v) is 13.8. The van der Waals surface area contributed by atoms with Crippen LogP contribution in [-0.2, 0) is 17.4 Å². The van der Waals surface area contributed by atoms with Crippen molar-refractivity contribution in [2.75, 3.05) is 7.05 Å². The first-order valence-corrected chi connectivity index (χ1v) is 15.7. The number of rotatable bonds is 7. The predicted octanol–water partition coefficient (Wildman–Crippen LogP) is 6.42. The highest BCUT2D eigenvalue weighted by Crippen LogP contribution is 2.43. The molecule has 2 heterocycles. The van der Waals surface area contributed by atoms with Crippen LogP contribution >= 0.6 is 0 Å². The highest BCUT2D eigenvalue weighted by Gasteiger charge is 2.50. The third kappa shape index (κ3) is 6.25. The van der Waals surface area contributed by atoms with Gasteiger partial charge in [-0.2, -0.15) is 0 Å². The van der Waals surface area contributed by atoms with Gasteiger partial charge in [0.05, 0.1) is 23.4 Å². The van der Waals surface area contributed by atoms with Crippen molar-refractivity contribution in [2.45, 2.75) is 104 Å². The van der Waals surface area contributed by atoms with Gasteiger partial charge in [-0.05, 0) is 122 Å². The van der Waals surface area contributed by atoms with Crippen LogP contribution < -0.4 is 15.0 Å². The molecule has 1 aliphatic carbocycles. The first-order valence-electron chi connectivity index (χ1n) is 15.7. The first kappa shape index (κ1) is 32.7. The van der Waals surface area contributed by atoms with Crippen LogP contribution in [0.3, 0.4) is 0 Å². The van der Waals surface area contributed by atoms with Crippen molar-refractivity contribution >= 4 is 5.91 Å². The second-order valence-electron chi connectivity index (χ2n) is 13.8. The minimum absolute atomic E-state index is 0.0218. The van der Waals surface area contributed by atoms with Gasteiger partial charge in [0.15, 0.2) is 0 Å². The molecule has 45 heavy (non-hydrogen) atoms. The SMILES string of the molecule is Cc1cc(F)cc(C)c1Oc1ccc(C(C)(C)O)cc1-c1cn(C)c(=O)cc1O[C@H]1CC[C@H](N2C(=O)C(C)(C)N(C)C2C)CC1. The summed E-state index contributed by atoms with van der Waals surface area (Å²) in [4.78, 5) is 30.3. The number of hydrogen-bond acceptors (Lipinski definition) is 6. The minimum atomic E-state index is -1.14. The maximum absolute atomic E-state index is 14.1. The Bertz CT molecular complexity index is 1640. The van der Waals surface area contributed by atoms with E-state index in [0.29, 0.717) is 45.1 Å². The molecule has 1 aromatic heterocycles. The molecule has 0 bridgehead atoms. The van der Waals surface area contributed by atoms with Crippen molar-refractivity contribution in [1.82, 2.24) is 14.4 Å². The van der Waals surface area contributed by atoms with Gasteiger partial charge in [0.2, 0.25) is 5.91 Å². The summed E-state index contributed by atoms with van der Waals surface area (Å²) < 4.78 is 28.6. The minimum Gasteiger partial charge on any atom is -0.490 e. The fourth-order valence-electron chi connectivity index (χ4n) is 6.67. The Morgan fingerprint density at radius 3 is 2.11 bits per heavy atom. The first-order chi connectivity index (χ1) is 21.0. The van der Waals surface area contributed by atoms with E-state index in [9.17, 15) is 19.1 Å². The molecule has 5 rings (SSSR count). The van der Waals surface area contributed by atoms with Crippen LogP contribution in [0.15, 0.2) is 47.4 Å². The fourth-order valence-corrected chi connectivity index (χ4v) is 6.67. The van der Waals surface area contributed by atoms with Crippen LogP contribution in [0.5, 0.6) is 17.2 Å². The summed E-state index contributed by atoms with van der Waals surface area (Å²) in [5.74, 6) is 1.28. The van der Waals surface area contributed by atoms with E-state index in [0.717, 1.165) is 25.7 Å². The van der Waals surface area contributed by atoms with Gasteiger partial charge in [-0.3, -0.25) is 14.5 Å². The molecule has 1 saturated heterocycles. The summed E-state index contributed by atoms with van der Waals surface area (Å²) in [5, 5.41) is 10.9. The van der Waals surface area contributed by atoms with Crippen molar-refractivity contribution in [1.29, 1.82) is 0 Å². The number of halogens is 1. The molecule has 1 aliphatic heterocycles. The van der Waals surface area contributed by atoms with Crippen molar-refractivity contribution in [3.05, 3.63) is 75.5 Å². The molecule has 3 aromatic rings. The third-order valence-corrected chi connectivity index (χ3v) is 9.74. The summed E-state index contributed by atoms with van der Waals surface area (Å²) in [6.07, 6.45) is 4.68. The number of aliphatic hydroxyl groups is 1. The van der Waals surface area contributed by atoms with Gasteiger partial charge < -0.3 is 24.0 Å². The van der Waals surface area contributed by atoms with Gasteiger partial charge in [-0.15, -0.1) is 0 Å². The zero-order valence-corrected chi connectivity index (χ0v) is 27.9. The van der Waals surface area contributed by atoms with E-state index in [4.69, 9.17) is 9.47 Å². The Kier molecular flexibility index (Phi) is 8.66. The quantitative estimate of drug-likeness (QED) is 0.329. The zero-order valence-electron chi connectivity index (χ0n) is 27.9. The summed E-state index contributed by atoms with van der Waals surface area (Å²) in [6.45, 7) is 13.0. The van der Waals surface area contributed by atoms with Crippen LogP contribution in [0.1, 0.15) is 77.0 Å². The Morgan fingerprint density at radius 1 is 0.933 bits per heavy atom. The van der Waals surface area contributed by atoms with Gasteiger partial charge >= 0.3 is 0 Å². The van der Waals surface area contributed by atoms with Crippen molar-refractivity contribution < 1.29 is 23.8 Å². The molecule has 8 nitrogen and oxygen atoms in total. The van der Waals surface area contributed by atoms with Crippen LogP contribution in [-0.4, -0.2) is 56.3 Å².